The largest absolute Gasteiger partial charge is 0.505 e. The van der Waals surface area contributed by atoms with E-state index >= 15 is 0 Å². The standard InChI is InChI=1S/C19H19N5O8S2/c20-17-14(22-21)7-1-11-2-8-15(18(27)16(11)17)24-23-12-3-5-13(6-4-12)33(28,29)19(9-25,10-26)34(30,31)32/h1-8,21,25-27H,9-10,20H2,(H,30,31,32)/b22-21?,24-23+. The molecule has 15 heteroatoms. The smallest absolute Gasteiger partial charge is 0.290 e. The number of anilines is 1. The van der Waals surface area contributed by atoms with Gasteiger partial charge in [-0.2, -0.15) is 18.6 Å². The molecule has 0 bridgehead atoms. The van der Waals surface area contributed by atoms with Gasteiger partial charge in [-0.1, -0.05) is 12.1 Å². The minimum absolute atomic E-state index is 0.0176. The maximum Gasteiger partial charge on any atom is 0.290 e. The first-order valence-electron chi connectivity index (χ1n) is 9.30. The number of phenols is 1. The van der Waals surface area contributed by atoms with E-state index in [1.807, 2.05) is 0 Å². The maximum atomic E-state index is 12.7. The molecular formula is C19H19N5O8S2. The normalized spacial score (nSPS) is 12.9. The highest BCUT2D eigenvalue weighted by Gasteiger charge is 2.55. The van der Waals surface area contributed by atoms with Crippen molar-refractivity contribution >= 4 is 53.5 Å². The Kier molecular flexibility index (Phi) is 6.68. The number of aliphatic hydroxyl groups is 2. The Labute approximate surface area is 193 Å². The number of azo groups is 1. The third-order valence-corrected chi connectivity index (χ3v) is 9.76. The van der Waals surface area contributed by atoms with Crippen LogP contribution in [0.5, 0.6) is 5.75 Å². The number of phenolic OH excluding ortho intramolecular Hbond substituents is 1. The zero-order valence-corrected chi connectivity index (χ0v) is 18.8. The molecule has 0 aliphatic carbocycles. The number of fused-ring (bicyclic) bond motifs is 1. The Bertz CT molecular complexity index is 1500. The number of aromatic hydroxyl groups is 1. The number of sulfone groups is 1. The molecule has 0 spiro atoms. The number of nitrogens with zero attached hydrogens (tertiary/aromatic N) is 3. The molecule has 0 fully saturated rings. The molecule has 0 atom stereocenters. The summed E-state index contributed by atoms with van der Waals surface area (Å²) < 4.78 is 54.8. The lowest BCUT2D eigenvalue weighted by Crippen LogP contribution is -2.52. The molecule has 0 unspecified atom stereocenters. The Balaban J connectivity index is 1.99. The van der Waals surface area contributed by atoms with Gasteiger partial charge < -0.3 is 21.1 Å². The quantitative estimate of drug-likeness (QED) is 0.148. The molecule has 13 nitrogen and oxygen atoms in total. The second-order valence-corrected chi connectivity index (χ2v) is 11.3. The Morgan fingerprint density at radius 2 is 1.44 bits per heavy atom. The lowest BCUT2D eigenvalue weighted by molar-refractivity contribution is 0.198. The van der Waals surface area contributed by atoms with E-state index in [1.165, 1.54) is 12.1 Å². The first-order valence-corrected chi connectivity index (χ1v) is 12.2. The molecule has 0 radical (unpaired) electrons. The molecule has 3 aromatic rings. The summed E-state index contributed by atoms with van der Waals surface area (Å²) in [7, 11) is -10.3. The average molecular weight is 510 g/mol. The molecule has 0 saturated carbocycles. The average Bonchev–Trinajstić information content (AvgIpc) is 2.79. The van der Waals surface area contributed by atoms with Gasteiger partial charge >= 0.3 is 0 Å². The van der Waals surface area contributed by atoms with Crippen LogP contribution in [-0.2, 0) is 20.0 Å². The molecule has 0 aliphatic heterocycles. The molecule has 0 saturated heterocycles. The van der Waals surface area contributed by atoms with E-state index in [-0.39, 0.29) is 33.9 Å². The number of nitrogens with two attached hydrogens (primary N) is 1. The van der Waals surface area contributed by atoms with E-state index < -0.39 is 42.1 Å². The second-order valence-electron chi connectivity index (χ2n) is 7.04. The van der Waals surface area contributed by atoms with Crippen LogP contribution in [0.4, 0.5) is 22.7 Å². The van der Waals surface area contributed by atoms with E-state index in [0.29, 0.717) is 5.39 Å². The molecule has 3 aromatic carbocycles. The molecule has 0 aromatic heterocycles. The number of nitrogens with one attached hydrogen (secondary N) is 1. The molecule has 34 heavy (non-hydrogen) atoms. The zero-order valence-electron chi connectivity index (χ0n) is 17.2. The third kappa shape index (κ3) is 3.99. The van der Waals surface area contributed by atoms with Crippen LogP contribution in [-0.4, -0.2) is 54.0 Å². The zero-order chi connectivity index (χ0) is 25.3. The first-order chi connectivity index (χ1) is 15.9. The van der Waals surface area contributed by atoms with Crippen molar-refractivity contribution in [3.05, 3.63) is 48.5 Å². The lowest BCUT2D eigenvalue weighted by atomic mass is 10.1. The van der Waals surface area contributed by atoms with Crippen molar-refractivity contribution < 1.29 is 36.7 Å². The first kappa shape index (κ1) is 25.1. The van der Waals surface area contributed by atoms with Gasteiger partial charge in [-0.3, -0.25) is 4.55 Å². The number of rotatable bonds is 8. The van der Waals surface area contributed by atoms with Crippen molar-refractivity contribution in [1.82, 2.24) is 0 Å². The third-order valence-electron chi connectivity index (χ3n) is 5.14. The summed E-state index contributed by atoms with van der Waals surface area (Å²) in [6, 6.07) is 10.4. The van der Waals surface area contributed by atoms with Crippen LogP contribution >= 0.6 is 0 Å². The van der Waals surface area contributed by atoms with Crippen molar-refractivity contribution in [3.63, 3.8) is 0 Å². The Hall–Kier alpha value is -3.50. The fraction of sp³-hybridized carbons (Fsp3) is 0.158. The Morgan fingerprint density at radius 3 is 1.94 bits per heavy atom. The van der Waals surface area contributed by atoms with E-state index in [0.717, 1.165) is 24.3 Å². The number of aliphatic hydroxyl groups excluding tert-OH is 2. The van der Waals surface area contributed by atoms with Crippen molar-refractivity contribution in [2.24, 2.45) is 15.3 Å². The van der Waals surface area contributed by atoms with E-state index in [2.05, 4.69) is 15.3 Å². The molecule has 3 rings (SSSR count). The Morgan fingerprint density at radius 1 is 0.882 bits per heavy atom. The van der Waals surface area contributed by atoms with Gasteiger partial charge in [0.05, 0.1) is 34.9 Å². The van der Waals surface area contributed by atoms with Crippen LogP contribution in [0, 0.1) is 5.53 Å². The molecule has 0 amide bonds. The van der Waals surface area contributed by atoms with Crippen molar-refractivity contribution in [3.8, 4) is 5.75 Å². The highest BCUT2D eigenvalue weighted by atomic mass is 32.3. The predicted octanol–water partition coefficient (Wildman–Crippen LogP) is 2.55. The number of benzene rings is 3. The topological polar surface area (TPSA) is 236 Å². The van der Waals surface area contributed by atoms with E-state index in [9.17, 15) is 36.7 Å². The van der Waals surface area contributed by atoms with Crippen molar-refractivity contribution in [2.75, 3.05) is 18.9 Å². The van der Waals surface area contributed by atoms with Crippen molar-refractivity contribution in [1.29, 1.82) is 5.53 Å². The molecular weight excluding hydrogens is 490 g/mol. The molecule has 7 N–H and O–H groups in total. The summed E-state index contributed by atoms with van der Waals surface area (Å²) in [6.07, 6.45) is 0. The summed E-state index contributed by atoms with van der Waals surface area (Å²) >= 11 is 0. The van der Waals surface area contributed by atoms with Gasteiger partial charge in [0.1, 0.15) is 11.4 Å². The predicted molar refractivity (Wildman–Crippen MR) is 121 cm³/mol. The van der Waals surface area contributed by atoms with E-state index in [4.69, 9.17) is 11.3 Å². The SMILES string of the molecule is N=Nc1ccc2ccc(/N=N/c3ccc(S(=O)(=O)C(CO)(CO)S(=O)(=O)O)cc3)c(O)c2c1N. The molecule has 0 heterocycles. The number of nitrogen functional groups attached to an aromatic ring is 1. The van der Waals surface area contributed by atoms with Gasteiger partial charge in [0, 0.05) is 0 Å². The fourth-order valence-electron chi connectivity index (χ4n) is 3.12. The van der Waals surface area contributed by atoms with Gasteiger partial charge in [0.25, 0.3) is 10.1 Å². The van der Waals surface area contributed by atoms with Gasteiger partial charge in [-0.25, -0.2) is 13.9 Å². The summed E-state index contributed by atoms with van der Waals surface area (Å²) in [4.78, 5) is -0.611. The van der Waals surface area contributed by atoms with Crippen LogP contribution in [0.3, 0.4) is 0 Å². The van der Waals surface area contributed by atoms with Crippen LogP contribution in [0.2, 0.25) is 0 Å². The summed E-state index contributed by atoms with van der Waals surface area (Å²) in [6.45, 7) is -3.16. The van der Waals surface area contributed by atoms with Crippen LogP contribution in [0.15, 0.2) is 68.8 Å². The minimum atomic E-state index is -5.41. The lowest BCUT2D eigenvalue weighted by Gasteiger charge is -2.25. The molecule has 0 aliphatic rings. The fourth-order valence-corrected chi connectivity index (χ4v) is 6.11. The highest BCUT2D eigenvalue weighted by Crippen LogP contribution is 2.42. The van der Waals surface area contributed by atoms with Gasteiger partial charge in [-0.05, 0) is 41.8 Å². The second kappa shape index (κ2) is 9.03. The van der Waals surface area contributed by atoms with Crippen molar-refractivity contribution in [2.45, 2.75) is 8.97 Å². The summed E-state index contributed by atoms with van der Waals surface area (Å²) in [5.41, 5.74) is 13.4. The minimum Gasteiger partial charge on any atom is -0.505 e. The molecule has 180 valence electrons. The summed E-state index contributed by atoms with van der Waals surface area (Å²) in [5, 5.41) is 41.2. The van der Waals surface area contributed by atoms with Crippen LogP contribution in [0.1, 0.15) is 0 Å². The van der Waals surface area contributed by atoms with Crippen LogP contribution < -0.4 is 5.73 Å². The van der Waals surface area contributed by atoms with Gasteiger partial charge in [0.15, 0.2) is 5.75 Å². The maximum absolute atomic E-state index is 12.7. The summed E-state index contributed by atoms with van der Waals surface area (Å²) in [5.74, 6) is -0.313. The van der Waals surface area contributed by atoms with E-state index in [1.54, 1.807) is 12.1 Å². The van der Waals surface area contributed by atoms with Crippen LogP contribution in [0.25, 0.3) is 10.8 Å². The monoisotopic (exact) mass is 509 g/mol. The highest BCUT2D eigenvalue weighted by molar-refractivity contribution is 8.08. The van der Waals surface area contributed by atoms with Gasteiger partial charge in [-0.15, -0.1) is 5.11 Å². The van der Waals surface area contributed by atoms with Gasteiger partial charge in [0.2, 0.25) is 13.9 Å². The number of hydrogen-bond donors (Lipinski definition) is 6. The number of hydrogen-bond acceptors (Lipinski definition) is 12.